The van der Waals surface area contributed by atoms with Crippen LogP contribution in [0, 0.1) is 0 Å². The van der Waals surface area contributed by atoms with Gasteiger partial charge in [-0.15, -0.1) is 0 Å². The number of halogens is 2. The van der Waals surface area contributed by atoms with E-state index < -0.39 is 0 Å². The molecule has 0 nitrogen and oxygen atoms in total. The summed E-state index contributed by atoms with van der Waals surface area (Å²) in [6, 6.07) is 15.8. The van der Waals surface area contributed by atoms with E-state index in [0.717, 1.165) is 22.0 Å². The third-order valence-electron chi connectivity index (χ3n) is 2.25. The Hall–Kier alpha value is -0.980. The van der Waals surface area contributed by atoms with Crippen molar-refractivity contribution in [3.8, 4) is 0 Å². The molecular weight excluding hydrogens is 227 g/mol. The van der Waals surface area contributed by atoms with Crippen molar-refractivity contribution in [1.82, 2.24) is 0 Å². The normalized spacial score (nSPS) is 10.3. The Morgan fingerprint density at radius 3 is 2.33 bits per heavy atom. The summed E-state index contributed by atoms with van der Waals surface area (Å²) < 4.78 is 0. The molecule has 0 N–H and O–H groups in total. The lowest BCUT2D eigenvalue weighted by Crippen LogP contribution is -1.88. The quantitative estimate of drug-likeness (QED) is 0.716. The van der Waals surface area contributed by atoms with Crippen LogP contribution in [-0.2, 0) is 6.42 Å². The molecule has 0 amide bonds. The summed E-state index contributed by atoms with van der Waals surface area (Å²) in [5, 5.41) is 1.49. The first-order valence-electron chi connectivity index (χ1n) is 4.73. The molecular formula is C13H10Cl2. The SMILES string of the molecule is Clc1ccc(Cl)c(Cc2ccccc2)c1. The minimum absolute atomic E-state index is 0.727. The van der Waals surface area contributed by atoms with E-state index in [1.807, 2.05) is 30.3 Å². The summed E-state index contributed by atoms with van der Waals surface area (Å²) in [4.78, 5) is 0. The topological polar surface area (TPSA) is 0 Å². The molecule has 0 unspecified atom stereocenters. The van der Waals surface area contributed by atoms with E-state index in [9.17, 15) is 0 Å². The van der Waals surface area contributed by atoms with Crippen LogP contribution < -0.4 is 0 Å². The van der Waals surface area contributed by atoms with E-state index in [2.05, 4.69) is 12.1 Å². The highest BCUT2D eigenvalue weighted by Crippen LogP contribution is 2.23. The van der Waals surface area contributed by atoms with Gasteiger partial charge in [-0.1, -0.05) is 53.5 Å². The van der Waals surface area contributed by atoms with Crippen LogP contribution in [0.3, 0.4) is 0 Å². The number of benzene rings is 2. The largest absolute Gasteiger partial charge is 0.0843 e. The van der Waals surface area contributed by atoms with Crippen LogP contribution in [0.15, 0.2) is 48.5 Å². The van der Waals surface area contributed by atoms with Gasteiger partial charge in [0.1, 0.15) is 0 Å². The molecule has 0 saturated carbocycles. The first kappa shape index (κ1) is 10.5. The van der Waals surface area contributed by atoms with Crippen molar-refractivity contribution in [1.29, 1.82) is 0 Å². The highest BCUT2D eigenvalue weighted by molar-refractivity contribution is 6.33. The van der Waals surface area contributed by atoms with Gasteiger partial charge in [-0.25, -0.2) is 0 Å². The van der Waals surface area contributed by atoms with Crippen molar-refractivity contribution in [3.63, 3.8) is 0 Å². The van der Waals surface area contributed by atoms with E-state index in [4.69, 9.17) is 23.2 Å². The van der Waals surface area contributed by atoms with Crippen LogP contribution >= 0.6 is 23.2 Å². The second-order valence-electron chi connectivity index (χ2n) is 3.40. The van der Waals surface area contributed by atoms with Crippen LogP contribution in [0.5, 0.6) is 0 Å². The summed E-state index contributed by atoms with van der Waals surface area (Å²) in [5.41, 5.74) is 2.30. The first-order chi connectivity index (χ1) is 7.25. The zero-order valence-corrected chi connectivity index (χ0v) is 9.59. The minimum Gasteiger partial charge on any atom is -0.0843 e. The standard InChI is InChI=1S/C13H10Cl2/c14-12-6-7-13(15)11(9-12)8-10-4-2-1-3-5-10/h1-7,9H,8H2. The maximum absolute atomic E-state index is 6.09. The van der Waals surface area contributed by atoms with E-state index in [1.54, 1.807) is 6.07 Å². The summed E-state index contributed by atoms with van der Waals surface area (Å²) in [6.07, 6.45) is 0.820. The minimum atomic E-state index is 0.727. The van der Waals surface area contributed by atoms with Crippen LogP contribution in [0.2, 0.25) is 10.0 Å². The van der Waals surface area contributed by atoms with Gasteiger partial charge in [-0.05, 0) is 35.7 Å². The molecule has 2 aromatic rings. The van der Waals surface area contributed by atoms with Crippen molar-refractivity contribution in [2.75, 3.05) is 0 Å². The number of hydrogen-bond acceptors (Lipinski definition) is 0. The fraction of sp³-hybridized carbons (Fsp3) is 0.0769. The summed E-state index contributed by atoms with van der Waals surface area (Å²) in [6.45, 7) is 0. The van der Waals surface area contributed by atoms with Gasteiger partial charge in [0.2, 0.25) is 0 Å². The Morgan fingerprint density at radius 1 is 0.867 bits per heavy atom. The zero-order chi connectivity index (χ0) is 10.7. The van der Waals surface area contributed by atoms with E-state index in [0.29, 0.717) is 0 Å². The van der Waals surface area contributed by atoms with Crippen LogP contribution in [0.25, 0.3) is 0 Å². The van der Waals surface area contributed by atoms with Crippen molar-refractivity contribution in [2.45, 2.75) is 6.42 Å². The third kappa shape index (κ3) is 2.74. The maximum Gasteiger partial charge on any atom is 0.0442 e. The van der Waals surface area contributed by atoms with E-state index >= 15 is 0 Å². The molecule has 0 aromatic heterocycles. The van der Waals surface area contributed by atoms with Gasteiger partial charge >= 0.3 is 0 Å². The Labute approximate surface area is 99.5 Å². The molecule has 0 aliphatic rings. The van der Waals surface area contributed by atoms with Gasteiger partial charge in [0.15, 0.2) is 0 Å². The fourth-order valence-electron chi connectivity index (χ4n) is 1.49. The molecule has 2 heteroatoms. The Kier molecular flexibility index (Phi) is 3.30. The van der Waals surface area contributed by atoms with Crippen molar-refractivity contribution in [3.05, 3.63) is 69.7 Å². The molecule has 0 spiro atoms. The van der Waals surface area contributed by atoms with Crippen LogP contribution in [0.4, 0.5) is 0 Å². The zero-order valence-electron chi connectivity index (χ0n) is 8.08. The molecule has 0 aliphatic heterocycles. The predicted octanol–water partition coefficient (Wildman–Crippen LogP) is 4.58. The molecule has 0 saturated heterocycles. The van der Waals surface area contributed by atoms with Gasteiger partial charge in [0.05, 0.1) is 0 Å². The molecule has 0 heterocycles. The van der Waals surface area contributed by atoms with Gasteiger partial charge in [-0.2, -0.15) is 0 Å². The first-order valence-corrected chi connectivity index (χ1v) is 5.49. The average molecular weight is 237 g/mol. The molecule has 15 heavy (non-hydrogen) atoms. The summed E-state index contributed by atoms with van der Waals surface area (Å²) in [5.74, 6) is 0. The Morgan fingerprint density at radius 2 is 1.60 bits per heavy atom. The van der Waals surface area contributed by atoms with Gasteiger partial charge < -0.3 is 0 Å². The van der Waals surface area contributed by atoms with Crippen molar-refractivity contribution in [2.24, 2.45) is 0 Å². The monoisotopic (exact) mass is 236 g/mol. The third-order valence-corrected chi connectivity index (χ3v) is 2.85. The lowest BCUT2D eigenvalue weighted by atomic mass is 10.1. The molecule has 2 rings (SSSR count). The summed E-state index contributed by atoms with van der Waals surface area (Å²) in [7, 11) is 0. The molecule has 76 valence electrons. The van der Waals surface area contributed by atoms with Crippen molar-refractivity contribution < 1.29 is 0 Å². The van der Waals surface area contributed by atoms with Gasteiger partial charge in [0.25, 0.3) is 0 Å². The Bertz CT molecular complexity index is 449. The van der Waals surface area contributed by atoms with Gasteiger partial charge in [0, 0.05) is 10.0 Å². The van der Waals surface area contributed by atoms with Crippen molar-refractivity contribution >= 4 is 23.2 Å². The summed E-state index contributed by atoms with van der Waals surface area (Å²) >= 11 is 12.0. The highest BCUT2D eigenvalue weighted by atomic mass is 35.5. The Balaban J connectivity index is 2.28. The molecule has 0 fully saturated rings. The lowest BCUT2D eigenvalue weighted by Gasteiger charge is -2.04. The molecule has 0 aliphatic carbocycles. The van der Waals surface area contributed by atoms with Gasteiger partial charge in [-0.3, -0.25) is 0 Å². The molecule has 0 atom stereocenters. The van der Waals surface area contributed by atoms with E-state index in [-0.39, 0.29) is 0 Å². The second-order valence-corrected chi connectivity index (χ2v) is 4.24. The lowest BCUT2D eigenvalue weighted by molar-refractivity contribution is 1.19. The molecule has 0 bridgehead atoms. The molecule has 2 aromatic carbocycles. The number of rotatable bonds is 2. The number of hydrogen-bond donors (Lipinski definition) is 0. The molecule has 0 radical (unpaired) electrons. The maximum atomic E-state index is 6.09. The van der Waals surface area contributed by atoms with E-state index in [1.165, 1.54) is 5.56 Å². The smallest absolute Gasteiger partial charge is 0.0442 e. The van der Waals surface area contributed by atoms with Crippen LogP contribution in [0.1, 0.15) is 11.1 Å². The average Bonchev–Trinajstić information content (AvgIpc) is 2.25. The highest BCUT2D eigenvalue weighted by Gasteiger charge is 2.02. The fourth-order valence-corrected chi connectivity index (χ4v) is 1.87. The predicted molar refractivity (Wildman–Crippen MR) is 65.7 cm³/mol. The second kappa shape index (κ2) is 4.69. The van der Waals surface area contributed by atoms with Crippen LogP contribution in [-0.4, -0.2) is 0 Å².